The highest BCUT2D eigenvalue weighted by Crippen LogP contribution is 2.21. The van der Waals surface area contributed by atoms with Gasteiger partial charge in [0, 0.05) is 37.1 Å². The average Bonchev–Trinajstić information content (AvgIpc) is 3.02. The van der Waals surface area contributed by atoms with E-state index in [4.69, 9.17) is 4.74 Å². The van der Waals surface area contributed by atoms with Crippen LogP contribution in [0.15, 0.2) is 30.6 Å². The molecule has 1 aliphatic rings. The molecule has 7 heteroatoms. The number of nitrogens with one attached hydrogen (secondary N) is 1. The molecule has 2 atom stereocenters. The lowest BCUT2D eigenvalue weighted by Gasteiger charge is -2.36. The molecule has 2 unspecified atom stereocenters. The Bertz CT molecular complexity index is 733. The summed E-state index contributed by atoms with van der Waals surface area (Å²) in [5.74, 6) is 0.430. The zero-order valence-corrected chi connectivity index (χ0v) is 15.1. The number of hydrogen-bond acceptors (Lipinski definition) is 5. The van der Waals surface area contributed by atoms with Crippen LogP contribution in [0.1, 0.15) is 44.2 Å². The van der Waals surface area contributed by atoms with Crippen LogP contribution in [0.5, 0.6) is 0 Å². The summed E-state index contributed by atoms with van der Waals surface area (Å²) in [6, 6.07) is 5.71. The van der Waals surface area contributed by atoms with E-state index in [0.717, 1.165) is 18.8 Å². The number of amides is 1. The first-order chi connectivity index (χ1) is 11.9. The van der Waals surface area contributed by atoms with Gasteiger partial charge in [-0.1, -0.05) is 0 Å². The predicted octanol–water partition coefficient (Wildman–Crippen LogP) is 2.72. The van der Waals surface area contributed by atoms with Crippen molar-refractivity contribution in [1.29, 1.82) is 0 Å². The number of rotatable bonds is 4. The predicted molar refractivity (Wildman–Crippen MR) is 97.0 cm³/mol. The third-order valence-electron chi connectivity index (χ3n) is 4.16. The molecule has 3 heterocycles. The number of pyridine rings is 1. The van der Waals surface area contributed by atoms with Crippen LogP contribution in [0, 0.1) is 0 Å². The number of aromatic nitrogens is 3. The fourth-order valence-corrected chi connectivity index (χ4v) is 3.13. The first-order valence-electron chi connectivity index (χ1n) is 8.65. The monoisotopic (exact) mass is 343 g/mol. The molecule has 1 fully saturated rings. The average molecular weight is 343 g/mol. The Morgan fingerprint density at radius 3 is 2.64 bits per heavy atom. The molecule has 134 valence electrons. The van der Waals surface area contributed by atoms with Crippen molar-refractivity contribution >= 4 is 17.4 Å². The Morgan fingerprint density at radius 1 is 1.24 bits per heavy atom. The summed E-state index contributed by atoms with van der Waals surface area (Å²) in [4.78, 5) is 19.1. The summed E-state index contributed by atoms with van der Waals surface area (Å²) in [6.07, 6.45) is 3.68. The molecule has 2 aromatic rings. The van der Waals surface area contributed by atoms with E-state index in [2.05, 4.69) is 34.1 Å². The van der Waals surface area contributed by atoms with Crippen LogP contribution in [0.2, 0.25) is 0 Å². The van der Waals surface area contributed by atoms with Crippen molar-refractivity contribution in [2.24, 2.45) is 0 Å². The Morgan fingerprint density at radius 2 is 1.96 bits per heavy atom. The van der Waals surface area contributed by atoms with Crippen LogP contribution in [-0.4, -0.2) is 46.0 Å². The first kappa shape index (κ1) is 17.4. The Kier molecular flexibility index (Phi) is 5.03. The van der Waals surface area contributed by atoms with Gasteiger partial charge in [0.1, 0.15) is 11.5 Å². The minimum atomic E-state index is -0.237. The maximum atomic E-state index is 12.6. The third kappa shape index (κ3) is 3.99. The zero-order valence-electron chi connectivity index (χ0n) is 15.1. The summed E-state index contributed by atoms with van der Waals surface area (Å²) >= 11 is 0. The maximum Gasteiger partial charge on any atom is 0.275 e. The minimum Gasteiger partial charge on any atom is -0.372 e. The molecule has 0 bridgehead atoms. The van der Waals surface area contributed by atoms with Gasteiger partial charge in [-0.05, 0) is 39.8 Å². The normalized spacial score (nSPS) is 20.8. The van der Waals surface area contributed by atoms with Gasteiger partial charge in [-0.15, -0.1) is 0 Å². The molecule has 25 heavy (non-hydrogen) atoms. The molecule has 0 saturated carbocycles. The SMILES string of the molecule is CC1CN(c2ccnc(C(=O)Nc3ccnn3C(C)C)c2)CC(C)O1. The summed E-state index contributed by atoms with van der Waals surface area (Å²) < 4.78 is 7.55. The number of carbonyl (C=O) groups excluding carboxylic acids is 1. The highest BCUT2D eigenvalue weighted by atomic mass is 16.5. The first-order valence-corrected chi connectivity index (χ1v) is 8.65. The minimum absolute atomic E-state index is 0.162. The molecule has 0 aromatic carbocycles. The lowest BCUT2D eigenvalue weighted by atomic mass is 10.2. The summed E-state index contributed by atoms with van der Waals surface area (Å²) in [6.45, 7) is 9.75. The van der Waals surface area contributed by atoms with Gasteiger partial charge in [-0.3, -0.25) is 9.78 Å². The number of hydrogen-bond donors (Lipinski definition) is 1. The van der Waals surface area contributed by atoms with Crippen molar-refractivity contribution in [3.05, 3.63) is 36.3 Å². The molecule has 0 spiro atoms. The van der Waals surface area contributed by atoms with Crippen molar-refractivity contribution in [2.75, 3.05) is 23.3 Å². The Balaban J connectivity index is 1.76. The van der Waals surface area contributed by atoms with Crippen molar-refractivity contribution in [2.45, 2.75) is 45.9 Å². The molecule has 2 aromatic heterocycles. The summed E-state index contributed by atoms with van der Waals surface area (Å²) in [7, 11) is 0. The highest BCUT2D eigenvalue weighted by Gasteiger charge is 2.23. The van der Waals surface area contributed by atoms with Crippen molar-refractivity contribution in [3.8, 4) is 0 Å². The van der Waals surface area contributed by atoms with Crippen molar-refractivity contribution in [1.82, 2.24) is 14.8 Å². The van der Waals surface area contributed by atoms with Gasteiger partial charge in [0.25, 0.3) is 5.91 Å². The van der Waals surface area contributed by atoms with E-state index in [9.17, 15) is 4.79 Å². The van der Waals surface area contributed by atoms with Gasteiger partial charge in [0.15, 0.2) is 0 Å². The van der Waals surface area contributed by atoms with E-state index in [1.807, 2.05) is 26.0 Å². The Hall–Kier alpha value is -2.41. The molecule has 1 N–H and O–H groups in total. The van der Waals surface area contributed by atoms with Crippen molar-refractivity contribution < 1.29 is 9.53 Å². The summed E-state index contributed by atoms with van der Waals surface area (Å²) in [5.41, 5.74) is 1.38. The molecule has 1 saturated heterocycles. The largest absolute Gasteiger partial charge is 0.372 e. The Labute approximate surface area is 148 Å². The fourth-order valence-electron chi connectivity index (χ4n) is 3.13. The van der Waals surface area contributed by atoms with Crippen LogP contribution in [0.3, 0.4) is 0 Å². The number of ether oxygens (including phenoxy) is 1. The lowest BCUT2D eigenvalue weighted by molar-refractivity contribution is -0.00522. The fraction of sp³-hybridized carbons (Fsp3) is 0.500. The van der Waals surface area contributed by atoms with E-state index in [0.29, 0.717) is 11.5 Å². The van der Waals surface area contributed by atoms with E-state index in [1.165, 1.54) is 0 Å². The van der Waals surface area contributed by atoms with E-state index >= 15 is 0 Å². The molecular weight excluding hydrogens is 318 g/mol. The second-order valence-electron chi connectivity index (χ2n) is 6.77. The van der Waals surface area contributed by atoms with E-state index in [1.54, 1.807) is 23.1 Å². The highest BCUT2D eigenvalue weighted by molar-refractivity contribution is 6.02. The second-order valence-corrected chi connectivity index (χ2v) is 6.77. The third-order valence-corrected chi connectivity index (χ3v) is 4.16. The van der Waals surface area contributed by atoms with Crippen LogP contribution in [-0.2, 0) is 4.74 Å². The van der Waals surface area contributed by atoms with Gasteiger partial charge < -0.3 is 15.0 Å². The number of morpholine rings is 1. The second kappa shape index (κ2) is 7.23. The van der Waals surface area contributed by atoms with Gasteiger partial charge in [-0.25, -0.2) is 4.68 Å². The van der Waals surface area contributed by atoms with Gasteiger partial charge in [0.2, 0.25) is 0 Å². The molecular formula is C18H25N5O2. The summed E-state index contributed by atoms with van der Waals surface area (Å²) in [5, 5.41) is 7.12. The van der Waals surface area contributed by atoms with Crippen LogP contribution >= 0.6 is 0 Å². The number of carbonyl (C=O) groups is 1. The standard InChI is InChI=1S/C18H25N5O2/c1-12(2)23-17(6-8-20-23)21-18(24)16-9-15(5-7-19-16)22-10-13(3)25-14(4)11-22/h5-9,12-14H,10-11H2,1-4H3,(H,21,24). The topological polar surface area (TPSA) is 72.3 Å². The van der Waals surface area contributed by atoms with Gasteiger partial charge in [-0.2, -0.15) is 5.10 Å². The van der Waals surface area contributed by atoms with E-state index < -0.39 is 0 Å². The maximum absolute atomic E-state index is 12.6. The zero-order chi connectivity index (χ0) is 18.0. The van der Waals surface area contributed by atoms with Gasteiger partial charge in [0.05, 0.1) is 18.4 Å². The van der Waals surface area contributed by atoms with Crippen molar-refractivity contribution in [3.63, 3.8) is 0 Å². The molecule has 1 amide bonds. The molecule has 0 radical (unpaired) electrons. The molecule has 1 aliphatic heterocycles. The van der Waals surface area contributed by atoms with Crippen LogP contribution < -0.4 is 10.2 Å². The smallest absolute Gasteiger partial charge is 0.275 e. The number of anilines is 2. The lowest BCUT2D eigenvalue weighted by Crippen LogP contribution is -2.45. The van der Waals surface area contributed by atoms with Crippen LogP contribution in [0.25, 0.3) is 0 Å². The van der Waals surface area contributed by atoms with Gasteiger partial charge >= 0.3 is 0 Å². The van der Waals surface area contributed by atoms with Crippen LogP contribution in [0.4, 0.5) is 11.5 Å². The van der Waals surface area contributed by atoms with E-state index in [-0.39, 0.29) is 24.2 Å². The molecule has 7 nitrogen and oxygen atoms in total. The molecule has 0 aliphatic carbocycles. The number of nitrogens with zero attached hydrogens (tertiary/aromatic N) is 4. The molecule has 3 rings (SSSR count). The quantitative estimate of drug-likeness (QED) is 0.924.